The smallest absolute Gasteiger partial charge is 0.134 e. The van der Waals surface area contributed by atoms with Gasteiger partial charge in [-0.05, 0) is 38.7 Å². The molecule has 0 radical (unpaired) electrons. The maximum absolute atomic E-state index is 6.17. The maximum Gasteiger partial charge on any atom is 0.134 e. The molecule has 2 unspecified atom stereocenters. The third-order valence-corrected chi connectivity index (χ3v) is 5.16. The number of para-hydroxylation sites is 1. The first-order chi connectivity index (χ1) is 9.72. The van der Waals surface area contributed by atoms with Gasteiger partial charge < -0.3 is 10.2 Å². The molecule has 2 bridgehead atoms. The van der Waals surface area contributed by atoms with Crippen LogP contribution in [-0.4, -0.2) is 23.0 Å². The van der Waals surface area contributed by atoms with E-state index in [4.69, 9.17) is 10.2 Å². The molecule has 0 saturated carbocycles. The van der Waals surface area contributed by atoms with Crippen LogP contribution in [0.25, 0.3) is 11.0 Å². The predicted molar refractivity (Wildman–Crippen MR) is 80.5 cm³/mol. The Bertz CT molecular complexity index is 619. The molecule has 3 nitrogen and oxygen atoms in total. The summed E-state index contributed by atoms with van der Waals surface area (Å²) in [6.07, 6.45) is 4.94. The Morgan fingerprint density at radius 1 is 1.20 bits per heavy atom. The maximum atomic E-state index is 6.17. The number of aryl methyl sites for hydroxylation is 1. The summed E-state index contributed by atoms with van der Waals surface area (Å²) in [4.78, 5) is 2.67. The van der Waals surface area contributed by atoms with E-state index in [1.807, 2.05) is 6.07 Å². The average molecular weight is 270 g/mol. The van der Waals surface area contributed by atoms with E-state index in [0.29, 0.717) is 18.1 Å². The van der Waals surface area contributed by atoms with Gasteiger partial charge in [-0.3, -0.25) is 4.90 Å². The van der Waals surface area contributed by atoms with Crippen molar-refractivity contribution >= 4 is 11.0 Å². The van der Waals surface area contributed by atoms with Crippen molar-refractivity contribution in [3.63, 3.8) is 0 Å². The molecular formula is C17H22N2O. The van der Waals surface area contributed by atoms with E-state index in [9.17, 15) is 0 Å². The highest BCUT2D eigenvalue weighted by molar-refractivity contribution is 5.82. The van der Waals surface area contributed by atoms with Crippen molar-refractivity contribution in [2.75, 3.05) is 0 Å². The van der Waals surface area contributed by atoms with Gasteiger partial charge in [0.05, 0.1) is 0 Å². The van der Waals surface area contributed by atoms with Gasteiger partial charge in [0.15, 0.2) is 0 Å². The Morgan fingerprint density at radius 2 is 1.90 bits per heavy atom. The van der Waals surface area contributed by atoms with Crippen molar-refractivity contribution in [2.45, 2.75) is 57.3 Å². The van der Waals surface area contributed by atoms with E-state index < -0.39 is 0 Å². The molecule has 20 heavy (non-hydrogen) atoms. The van der Waals surface area contributed by atoms with E-state index in [0.717, 1.165) is 30.7 Å². The Balaban J connectivity index is 1.67. The molecule has 2 atom stereocenters. The van der Waals surface area contributed by atoms with E-state index in [1.165, 1.54) is 23.8 Å². The van der Waals surface area contributed by atoms with Crippen LogP contribution in [0, 0.1) is 6.92 Å². The standard InChI is InChI=1S/C17H22N2O/c1-11-16(15-4-2-3-5-17(15)20-11)10-19-13-6-7-14(19)9-12(18)8-13/h2-5,12-14H,6-10,18H2,1H3. The number of piperidine rings is 1. The molecule has 0 aliphatic carbocycles. The molecule has 106 valence electrons. The predicted octanol–water partition coefficient (Wildman–Crippen LogP) is 3.20. The summed E-state index contributed by atoms with van der Waals surface area (Å²) in [6, 6.07) is 10.1. The second-order valence-corrected chi connectivity index (χ2v) is 6.42. The van der Waals surface area contributed by atoms with Crippen LogP contribution < -0.4 is 5.73 Å². The number of furan rings is 1. The Labute approximate surface area is 119 Å². The van der Waals surface area contributed by atoms with Gasteiger partial charge in [0.1, 0.15) is 11.3 Å². The fourth-order valence-electron chi connectivity index (χ4n) is 4.17. The summed E-state index contributed by atoms with van der Waals surface area (Å²) >= 11 is 0. The van der Waals surface area contributed by atoms with Crippen LogP contribution in [0.3, 0.4) is 0 Å². The zero-order valence-corrected chi connectivity index (χ0v) is 12.0. The molecular weight excluding hydrogens is 248 g/mol. The monoisotopic (exact) mass is 270 g/mol. The number of nitrogens with zero attached hydrogens (tertiary/aromatic N) is 1. The Hall–Kier alpha value is -1.32. The molecule has 0 spiro atoms. The minimum Gasteiger partial charge on any atom is -0.461 e. The van der Waals surface area contributed by atoms with E-state index in [1.54, 1.807) is 0 Å². The van der Waals surface area contributed by atoms with Crippen molar-refractivity contribution in [1.29, 1.82) is 0 Å². The highest BCUT2D eigenvalue weighted by Gasteiger charge is 2.39. The SMILES string of the molecule is Cc1oc2ccccc2c1CN1C2CCC1CC(N)C2. The third kappa shape index (κ3) is 1.88. The van der Waals surface area contributed by atoms with Gasteiger partial charge in [-0.2, -0.15) is 0 Å². The second-order valence-electron chi connectivity index (χ2n) is 6.42. The second kappa shape index (κ2) is 4.61. The van der Waals surface area contributed by atoms with Crippen LogP contribution >= 0.6 is 0 Å². The van der Waals surface area contributed by atoms with Crippen molar-refractivity contribution in [1.82, 2.24) is 4.90 Å². The number of rotatable bonds is 2. The summed E-state index contributed by atoms with van der Waals surface area (Å²) in [6.45, 7) is 3.11. The number of nitrogens with two attached hydrogens (primary N) is 1. The Kier molecular flexibility index (Phi) is 2.86. The van der Waals surface area contributed by atoms with E-state index in [2.05, 4.69) is 30.0 Å². The lowest BCUT2D eigenvalue weighted by molar-refractivity contribution is 0.120. The van der Waals surface area contributed by atoms with Gasteiger partial charge in [0, 0.05) is 35.6 Å². The molecule has 1 aromatic carbocycles. The molecule has 3 heterocycles. The highest BCUT2D eigenvalue weighted by Crippen LogP contribution is 2.38. The third-order valence-electron chi connectivity index (χ3n) is 5.16. The summed E-state index contributed by atoms with van der Waals surface area (Å²) in [7, 11) is 0. The molecule has 2 fully saturated rings. The highest BCUT2D eigenvalue weighted by atomic mass is 16.3. The van der Waals surface area contributed by atoms with Crippen molar-refractivity contribution in [2.24, 2.45) is 5.73 Å². The largest absolute Gasteiger partial charge is 0.461 e. The first kappa shape index (κ1) is 12.4. The Morgan fingerprint density at radius 3 is 2.65 bits per heavy atom. The van der Waals surface area contributed by atoms with Crippen LogP contribution in [0.4, 0.5) is 0 Å². The molecule has 2 aliphatic heterocycles. The molecule has 0 amide bonds. The minimum atomic E-state index is 0.408. The van der Waals surface area contributed by atoms with E-state index in [-0.39, 0.29) is 0 Å². The number of hydrogen-bond acceptors (Lipinski definition) is 3. The molecule has 2 aliphatic rings. The normalized spacial score (nSPS) is 30.2. The average Bonchev–Trinajstić information content (AvgIpc) is 2.86. The van der Waals surface area contributed by atoms with Crippen LogP contribution in [0.5, 0.6) is 0 Å². The number of benzene rings is 1. The fourth-order valence-corrected chi connectivity index (χ4v) is 4.17. The van der Waals surface area contributed by atoms with Gasteiger partial charge in [-0.15, -0.1) is 0 Å². The van der Waals surface area contributed by atoms with Gasteiger partial charge in [-0.1, -0.05) is 18.2 Å². The zero-order valence-electron chi connectivity index (χ0n) is 12.0. The lowest BCUT2D eigenvalue weighted by atomic mass is 9.97. The summed E-state index contributed by atoms with van der Waals surface area (Å²) in [5.41, 5.74) is 8.55. The first-order valence-corrected chi connectivity index (χ1v) is 7.70. The van der Waals surface area contributed by atoms with Crippen LogP contribution in [0.1, 0.15) is 37.0 Å². The van der Waals surface area contributed by atoms with Crippen molar-refractivity contribution < 1.29 is 4.42 Å². The summed E-state index contributed by atoms with van der Waals surface area (Å²) < 4.78 is 5.90. The van der Waals surface area contributed by atoms with Gasteiger partial charge in [0.2, 0.25) is 0 Å². The van der Waals surface area contributed by atoms with Crippen LogP contribution in [0.2, 0.25) is 0 Å². The quantitative estimate of drug-likeness (QED) is 0.911. The molecule has 2 N–H and O–H groups in total. The zero-order chi connectivity index (χ0) is 13.7. The molecule has 1 aromatic heterocycles. The minimum absolute atomic E-state index is 0.408. The molecule has 4 rings (SSSR count). The molecule has 2 aromatic rings. The van der Waals surface area contributed by atoms with Crippen LogP contribution in [-0.2, 0) is 6.54 Å². The van der Waals surface area contributed by atoms with Crippen molar-refractivity contribution in [3.05, 3.63) is 35.6 Å². The van der Waals surface area contributed by atoms with Gasteiger partial charge in [0.25, 0.3) is 0 Å². The lowest BCUT2D eigenvalue weighted by Gasteiger charge is -2.37. The van der Waals surface area contributed by atoms with Crippen molar-refractivity contribution in [3.8, 4) is 0 Å². The van der Waals surface area contributed by atoms with Gasteiger partial charge in [-0.25, -0.2) is 0 Å². The molecule has 3 heteroatoms. The number of hydrogen-bond donors (Lipinski definition) is 1. The fraction of sp³-hybridized carbons (Fsp3) is 0.529. The summed E-state index contributed by atoms with van der Waals surface area (Å²) in [5.74, 6) is 1.07. The first-order valence-electron chi connectivity index (χ1n) is 7.70. The van der Waals surface area contributed by atoms with Crippen LogP contribution in [0.15, 0.2) is 28.7 Å². The topological polar surface area (TPSA) is 42.4 Å². The van der Waals surface area contributed by atoms with E-state index >= 15 is 0 Å². The van der Waals surface area contributed by atoms with Gasteiger partial charge >= 0.3 is 0 Å². The lowest BCUT2D eigenvalue weighted by Crippen LogP contribution is -2.46. The number of fused-ring (bicyclic) bond motifs is 3. The summed E-state index contributed by atoms with van der Waals surface area (Å²) in [5, 5.41) is 1.28. The molecule has 2 saturated heterocycles.